The average Bonchev–Trinajstić information content (AvgIpc) is 1.62. The minimum Gasteiger partial charge on any atom is -0.759 e. The molecule has 0 spiro atoms. The van der Waals surface area contributed by atoms with E-state index in [1.807, 2.05) is 0 Å². The van der Waals surface area contributed by atoms with E-state index in [0.717, 1.165) is 0 Å². The van der Waals surface area contributed by atoms with E-state index in [4.69, 9.17) is 70.1 Å². The van der Waals surface area contributed by atoms with E-state index in [0.29, 0.717) is 0 Å². The van der Waals surface area contributed by atoms with Crippen LogP contribution >= 0.6 is 0 Å². The fraction of sp³-hybridized carbons (Fsp3) is 0. The molecule has 0 saturated heterocycles. The molecule has 0 aromatic heterocycles. The Morgan fingerprint density at radius 1 is 0.348 bits per heavy atom. The summed E-state index contributed by atoms with van der Waals surface area (Å²) in [5.74, 6) is 0. The van der Waals surface area contributed by atoms with Crippen molar-refractivity contribution in [2.24, 2.45) is 0 Å². The first-order chi connectivity index (χ1) is 8.00. The molecule has 0 aliphatic heterocycles. The summed E-state index contributed by atoms with van der Waals surface area (Å²) in [5, 5.41) is 0. The van der Waals surface area contributed by atoms with Crippen LogP contribution in [0.1, 0.15) is 0 Å². The van der Waals surface area contributed by atoms with Crippen LogP contribution in [0.15, 0.2) is 0 Å². The molecule has 0 aliphatic rings. The van der Waals surface area contributed by atoms with E-state index in [2.05, 4.69) is 0 Å². The Kier molecular flexibility index (Phi) is 34.2. The van der Waals surface area contributed by atoms with Crippen LogP contribution in [0.5, 0.6) is 0 Å². The maximum Gasteiger partial charge on any atom is 3.00 e. The third-order valence-corrected chi connectivity index (χ3v) is 0. The Balaban J connectivity index is -0.0000000284. The van der Waals surface area contributed by atoms with Gasteiger partial charge in [0.2, 0.25) is 0 Å². The van der Waals surface area contributed by atoms with E-state index in [9.17, 15) is 0 Å². The largest absolute Gasteiger partial charge is 3.00 e. The molecule has 23 heavy (non-hydrogen) atoms. The van der Waals surface area contributed by atoms with E-state index >= 15 is 0 Å². The molecule has 23 heteroatoms. The number of rotatable bonds is 0. The average molecular weight is 502 g/mol. The number of hydrogen-bond donors (Lipinski definition) is 0. The van der Waals surface area contributed by atoms with Gasteiger partial charge in [-0.15, -0.1) is 0 Å². The van der Waals surface area contributed by atoms with Gasteiger partial charge in [-0.05, 0) is 0 Å². The summed E-state index contributed by atoms with van der Waals surface area (Å²) in [7, 11) is -20.7. The fourth-order valence-corrected chi connectivity index (χ4v) is 0. The first-order valence-corrected chi connectivity index (χ1v) is 8.00. The third kappa shape index (κ3) is 9030. The van der Waals surface area contributed by atoms with E-state index < -0.39 is 41.6 Å². The second-order valence-electron chi connectivity index (χ2n) is 1.63. The molecule has 0 aliphatic carbocycles. The quantitative estimate of drug-likeness (QED) is 0.169. The molecule has 137 valence electrons. The van der Waals surface area contributed by atoms with E-state index in [1.54, 1.807) is 0 Å². The van der Waals surface area contributed by atoms with Crippen molar-refractivity contribution in [1.82, 2.24) is 0 Å². The van der Waals surface area contributed by atoms with Crippen molar-refractivity contribution in [1.29, 1.82) is 0 Å². The summed E-state index contributed by atoms with van der Waals surface area (Å²) < 4.78 is 136. The molecule has 0 rings (SSSR count). The van der Waals surface area contributed by atoms with Crippen LogP contribution in [0, 0.1) is 0 Å². The van der Waals surface area contributed by atoms with Gasteiger partial charge in [0.15, 0.2) is 0 Å². The van der Waals surface area contributed by atoms with Gasteiger partial charge < -0.3 is 36.4 Å². The zero-order valence-electron chi connectivity index (χ0n) is 9.62. The monoisotopic (exact) mass is 501 g/mol. The van der Waals surface area contributed by atoms with Crippen molar-refractivity contribution in [2.75, 3.05) is 0 Å². The Morgan fingerprint density at radius 3 is 0.348 bits per heavy atom. The normalized spacial score (nSPS) is 10.1. The Morgan fingerprint density at radius 2 is 0.348 bits per heavy atom. The fourth-order valence-electron chi connectivity index (χ4n) is 0. The van der Waals surface area contributed by atoms with E-state index in [-0.39, 0.29) is 51.8 Å². The van der Waals surface area contributed by atoms with Crippen molar-refractivity contribution in [3.05, 3.63) is 0 Å². The van der Waals surface area contributed by atoms with Crippen LogP contribution < -0.4 is 0 Å². The smallest absolute Gasteiger partial charge is 0.759 e. The summed E-state index contributed by atoms with van der Waals surface area (Å²) in [4.78, 5) is 0. The summed E-state index contributed by atoms with van der Waals surface area (Å²) in [6.45, 7) is 0. The molecule has 0 heterocycles. The van der Waals surface area contributed by atoms with Crippen molar-refractivity contribution in [2.45, 2.75) is 0 Å². The predicted octanol–water partition coefficient (Wildman–Crippen LogP) is -6.12. The van der Waals surface area contributed by atoms with Crippen molar-refractivity contribution in [3.8, 4) is 0 Å². The first kappa shape index (κ1) is 44.0. The van der Waals surface area contributed by atoms with Crippen LogP contribution in [0.2, 0.25) is 0 Å². The summed E-state index contributed by atoms with van der Waals surface area (Å²) >= 11 is 0. The SMILES string of the molecule is O=S(=O)([O-])[O-].O=S(=O)([O-])[O-].O=S(=O)([O-])[O-].O=S(=O)([O-])[O-].[Al+3].[Al+3].[Cu+2]. The minimum absolute atomic E-state index is 0. The van der Waals surface area contributed by atoms with Gasteiger partial charge >= 0.3 is 51.8 Å². The molecule has 0 saturated carbocycles. The van der Waals surface area contributed by atoms with Gasteiger partial charge in [0.1, 0.15) is 0 Å². The molecular weight excluding hydrogens is 502 g/mol. The van der Waals surface area contributed by atoms with Gasteiger partial charge in [-0.2, -0.15) is 0 Å². The van der Waals surface area contributed by atoms with Crippen molar-refractivity contribution < 1.29 is 87.2 Å². The number of hydrogen-bond acceptors (Lipinski definition) is 16. The molecule has 16 nitrogen and oxygen atoms in total. The van der Waals surface area contributed by atoms with Gasteiger partial charge in [0.05, 0.1) is 0 Å². The van der Waals surface area contributed by atoms with E-state index in [1.165, 1.54) is 0 Å². The van der Waals surface area contributed by atoms with Gasteiger partial charge in [-0.25, -0.2) is 0 Å². The predicted molar refractivity (Wildman–Crippen MR) is 53.4 cm³/mol. The molecule has 0 amide bonds. The summed E-state index contributed by atoms with van der Waals surface area (Å²) in [6.07, 6.45) is 0. The minimum atomic E-state index is -5.17. The third-order valence-electron chi connectivity index (χ3n) is 0. The van der Waals surface area contributed by atoms with Crippen LogP contribution in [-0.4, -0.2) is 105 Å². The second-order valence-corrected chi connectivity index (χ2v) is 4.90. The molecule has 0 aromatic carbocycles. The van der Waals surface area contributed by atoms with Crippen molar-refractivity contribution >= 4 is 76.3 Å². The Labute approximate surface area is 162 Å². The van der Waals surface area contributed by atoms with Gasteiger partial charge in [0, 0.05) is 41.6 Å². The Bertz CT molecular complexity index is 483. The first-order valence-electron chi connectivity index (χ1n) is 2.67. The molecule has 0 atom stereocenters. The van der Waals surface area contributed by atoms with Crippen molar-refractivity contribution in [3.63, 3.8) is 0 Å². The Hall–Kier alpha value is 1.06. The molecule has 1 radical (unpaired) electrons. The zero-order chi connectivity index (χ0) is 18.0. The standard InChI is InChI=1S/2Al.Cu.4H2O4S/c;;;4*1-5(2,3)4/h;;;4*(H2,1,2,3,4)/q2*+3;+2;;;;/p-8. The zero-order valence-corrected chi connectivity index (χ0v) is 16.1. The molecule has 0 bridgehead atoms. The molecule has 0 aromatic rings. The summed E-state index contributed by atoms with van der Waals surface area (Å²) in [5.41, 5.74) is 0. The van der Waals surface area contributed by atoms with Gasteiger partial charge in [0.25, 0.3) is 0 Å². The second kappa shape index (κ2) is 17.9. The maximum atomic E-state index is 8.52. The molecule has 0 N–H and O–H groups in total. The topological polar surface area (TPSA) is 321 Å². The molecule has 0 fully saturated rings. The van der Waals surface area contributed by atoms with Crippen LogP contribution in [0.25, 0.3) is 0 Å². The van der Waals surface area contributed by atoms with Gasteiger partial charge in [-0.3, -0.25) is 33.7 Å². The summed E-state index contributed by atoms with van der Waals surface area (Å²) in [6, 6.07) is 0. The van der Waals surface area contributed by atoms with Crippen LogP contribution in [-0.2, 0) is 58.7 Å². The molecular formula is Al2CuO16S4. The van der Waals surface area contributed by atoms with Crippen LogP contribution in [0.4, 0.5) is 0 Å². The molecule has 0 unspecified atom stereocenters. The van der Waals surface area contributed by atoms with Gasteiger partial charge in [-0.1, -0.05) is 0 Å². The maximum absolute atomic E-state index is 8.52. The van der Waals surface area contributed by atoms with Crippen LogP contribution in [0.3, 0.4) is 0 Å².